The first-order valence-electron chi connectivity index (χ1n) is 8.61. The van der Waals surface area contributed by atoms with E-state index < -0.39 is 0 Å². The number of ether oxygens (including phenoxy) is 1. The van der Waals surface area contributed by atoms with Gasteiger partial charge in [0, 0.05) is 32.4 Å². The summed E-state index contributed by atoms with van der Waals surface area (Å²) in [6.07, 6.45) is 4.12. The molecule has 0 amide bonds. The molecule has 1 aromatic rings. The minimum Gasteiger partial charge on any atom is -0.465 e. The summed E-state index contributed by atoms with van der Waals surface area (Å²) in [5.41, 5.74) is 2.74. The molecule has 2 N–H and O–H groups in total. The Kier molecular flexibility index (Phi) is 6.99. The van der Waals surface area contributed by atoms with Crippen LogP contribution in [0.2, 0.25) is 0 Å². The lowest BCUT2D eigenvalue weighted by atomic mass is 9.85. The van der Waals surface area contributed by atoms with E-state index in [9.17, 15) is 4.79 Å². The number of benzene rings is 1. The molecule has 2 aliphatic rings. The van der Waals surface area contributed by atoms with Gasteiger partial charge in [0.1, 0.15) is 5.60 Å². The van der Waals surface area contributed by atoms with E-state index in [0.29, 0.717) is 13.2 Å². The van der Waals surface area contributed by atoms with Crippen molar-refractivity contribution in [3.8, 4) is 0 Å². The highest BCUT2D eigenvalue weighted by molar-refractivity contribution is 6.02. The monoisotopic (exact) mass is 380 g/mol. The van der Waals surface area contributed by atoms with Crippen LogP contribution in [0.25, 0.3) is 0 Å². The van der Waals surface area contributed by atoms with Crippen molar-refractivity contribution < 1.29 is 14.4 Å². The largest absolute Gasteiger partial charge is 0.465 e. The quantitative estimate of drug-likeness (QED) is 0.365. The highest BCUT2D eigenvalue weighted by Gasteiger charge is 2.42. The van der Waals surface area contributed by atoms with Gasteiger partial charge < -0.3 is 15.4 Å². The van der Waals surface area contributed by atoms with Crippen molar-refractivity contribution in [3.63, 3.8) is 0 Å². The third-order valence-electron chi connectivity index (χ3n) is 4.73. The van der Waals surface area contributed by atoms with Crippen LogP contribution in [0, 0.1) is 0 Å². The van der Waals surface area contributed by atoms with Crippen LogP contribution in [0.4, 0.5) is 0 Å². The molecule has 1 spiro atoms. The fourth-order valence-electron chi connectivity index (χ4n) is 3.30. The fraction of sp³-hybridized carbons (Fsp3) is 0.500. The topological polar surface area (TPSA) is 89.5 Å². The molecule has 1 fully saturated rings. The summed E-state index contributed by atoms with van der Waals surface area (Å²) in [6.45, 7) is 4.22. The predicted molar refractivity (Wildman–Crippen MR) is 103 cm³/mol. The number of hydrazone groups is 1. The number of piperidine rings is 1. The molecule has 2 heterocycles. The predicted octanol–water partition coefficient (Wildman–Crippen LogP) is 1.92. The molecule has 26 heavy (non-hydrogen) atoms. The molecule has 8 heteroatoms. The van der Waals surface area contributed by atoms with Crippen LogP contribution in [0.3, 0.4) is 0 Å². The van der Waals surface area contributed by atoms with Crippen LogP contribution >= 0.6 is 12.4 Å². The summed E-state index contributed by atoms with van der Waals surface area (Å²) < 4.78 is 5.01. The lowest BCUT2D eigenvalue weighted by Crippen LogP contribution is -2.46. The molecule has 2 aliphatic heterocycles. The van der Waals surface area contributed by atoms with Gasteiger partial charge in [0.2, 0.25) is 0 Å². The van der Waals surface area contributed by atoms with Crippen LogP contribution in [-0.2, 0) is 14.4 Å². The zero-order valence-corrected chi connectivity index (χ0v) is 15.7. The van der Waals surface area contributed by atoms with Crippen LogP contribution in [0.5, 0.6) is 0 Å². The van der Waals surface area contributed by atoms with Gasteiger partial charge in [0.05, 0.1) is 25.1 Å². The summed E-state index contributed by atoms with van der Waals surface area (Å²) in [5.74, 6) is 5.00. The molecule has 1 aromatic carbocycles. The highest BCUT2D eigenvalue weighted by atomic mass is 35.5. The fourth-order valence-corrected chi connectivity index (χ4v) is 3.30. The van der Waals surface area contributed by atoms with Crippen molar-refractivity contribution in [1.29, 1.82) is 0 Å². The Bertz CT molecular complexity index is 668. The van der Waals surface area contributed by atoms with E-state index in [1.54, 1.807) is 6.21 Å². The van der Waals surface area contributed by atoms with Crippen LogP contribution in [0.15, 0.2) is 34.5 Å². The van der Waals surface area contributed by atoms with Gasteiger partial charge in [-0.15, -0.1) is 12.4 Å². The van der Waals surface area contributed by atoms with Gasteiger partial charge in [-0.2, -0.15) is 5.10 Å². The molecule has 0 aliphatic carbocycles. The second kappa shape index (κ2) is 9.00. The van der Waals surface area contributed by atoms with Crippen LogP contribution in [0.1, 0.15) is 37.3 Å². The number of hydrogen-bond donors (Lipinski definition) is 1. The molecule has 142 valence electrons. The van der Waals surface area contributed by atoms with E-state index in [4.69, 9.17) is 15.4 Å². The first kappa shape index (κ1) is 20.2. The van der Waals surface area contributed by atoms with Gasteiger partial charge in [-0.1, -0.05) is 29.4 Å². The van der Waals surface area contributed by atoms with E-state index >= 15 is 0 Å². The Morgan fingerprint density at radius 3 is 2.69 bits per heavy atom. The van der Waals surface area contributed by atoms with Crippen molar-refractivity contribution >= 4 is 30.3 Å². The molecule has 7 nitrogen and oxygen atoms in total. The minimum atomic E-state index is -0.238. The summed E-state index contributed by atoms with van der Waals surface area (Å²) in [6, 6.07) is 7.94. The van der Waals surface area contributed by atoms with Crippen molar-refractivity contribution in [2.45, 2.75) is 31.8 Å². The molecular weight excluding hydrogens is 356 g/mol. The second-order valence-electron chi connectivity index (χ2n) is 6.47. The first-order valence-corrected chi connectivity index (χ1v) is 8.61. The van der Waals surface area contributed by atoms with Crippen molar-refractivity contribution in [1.82, 2.24) is 4.90 Å². The number of likely N-dealkylation sites (tertiary alicyclic amines) is 1. The normalized spacial score (nSPS) is 19.0. The first-order chi connectivity index (χ1) is 12.1. The third kappa shape index (κ3) is 4.74. The van der Waals surface area contributed by atoms with Gasteiger partial charge in [0.25, 0.3) is 0 Å². The van der Waals surface area contributed by atoms with E-state index in [-0.39, 0.29) is 24.0 Å². The van der Waals surface area contributed by atoms with Gasteiger partial charge in [-0.05, 0) is 18.1 Å². The van der Waals surface area contributed by atoms with Gasteiger partial charge in [0.15, 0.2) is 0 Å². The molecule has 3 rings (SSSR count). The van der Waals surface area contributed by atoms with Crippen molar-refractivity contribution in [2.75, 3.05) is 26.2 Å². The highest BCUT2D eigenvalue weighted by Crippen LogP contribution is 2.36. The Morgan fingerprint density at radius 1 is 1.38 bits per heavy atom. The number of rotatable bonds is 5. The Hall–Kier alpha value is -2.12. The average molecular weight is 381 g/mol. The maximum absolute atomic E-state index is 11.6. The summed E-state index contributed by atoms with van der Waals surface area (Å²) in [4.78, 5) is 19.5. The van der Waals surface area contributed by atoms with E-state index in [1.807, 2.05) is 31.2 Å². The van der Waals surface area contributed by atoms with E-state index in [0.717, 1.165) is 49.2 Å². The standard InChI is InChI=1S/C18H24N4O3.ClH/c1-2-24-17(23)13-22-9-7-18(8-10-22)11-16(21-25-18)15-5-3-14(4-6-15)12-20-19;/h3-6,12H,2,7-11,13,19H2,1H3;1H. The van der Waals surface area contributed by atoms with Gasteiger partial charge in [-0.25, -0.2) is 0 Å². The summed E-state index contributed by atoms with van der Waals surface area (Å²) in [7, 11) is 0. The molecule has 0 aromatic heterocycles. The number of carbonyl (C=O) groups excluding carboxylic acids is 1. The maximum atomic E-state index is 11.6. The Labute approximate surface area is 159 Å². The number of hydrogen-bond acceptors (Lipinski definition) is 7. The second-order valence-corrected chi connectivity index (χ2v) is 6.47. The lowest BCUT2D eigenvalue weighted by molar-refractivity contribution is -0.146. The van der Waals surface area contributed by atoms with Gasteiger partial charge in [-0.3, -0.25) is 9.69 Å². The zero-order valence-electron chi connectivity index (χ0n) is 14.9. The molecule has 0 radical (unpaired) electrons. The maximum Gasteiger partial charge on any atom is 0.320 e. The average Bonchev–Trinajstić information content (AvgIpc) is 3.02. The van der Waals surface area contributed by atoms with E-state index in [1.165, 1.54) is 0 Å². The van der Waals surface area contributed by atoms with Crippen molar-refractivity contribution in [2.24, 2.45) is 16.1 Å². The number of halogens is 1. The molecule has 0 unspecified atom stereocenters. The van der Waals surface area contributed by atoms with Gasteiger partial charge >= 0.3 is 5.97 Å². The molecule has 0 bridgehead atoms. The Morgan fingerprint density at radius 2 is 2.08 bits per heavy atom. The molecule has 1 saturated heterocycles. The smallest absolute Gasteiger partial charge is 0.320 e. The molecule has 0 atom stereocenters. The van der Waals surface area contributed by atoms with Crippen LogP contribution in [-0.4, -0.2) is 54.6 Å². The SMILES string of the molecule is CCOC(=O)CN1CCC2(CC1)CC(c1ccc(C=NN)cc1)=NO2.Cl. The minimum absolute atomic E-state index is 0. The number of nitrogens with zero attached hydrogens (tertiary/aromatic N) is 3. The zero-order chi connectivity index (χ0) is 17.7. The summed E-state index contributed by atoms with van der Waals surface area (Å²) in [5, 5.41) is 7.85. The molecule has 0 saturated carbocycles. The molecular formula is C18H25ClN4O3. The Balaban J connectivity index is 0.00000243. The number of esters is 1. The number of oxime groups is 1. The summed E-state index contributed by atoms with van der Waals surface area (Å²) >= 11 is 0. The van der Waals surface area contributed by atoms with Crippen molar-refractivity contribution in [3.05, 3.63) is 35.4 Å². The number of nitrogens with two attached hydrogens (primary N) is 1. The number of carbonyl (C=O) groups is 1. The third-order valence-corrected chi connectivity index (χ3v) is 4.73. The van der Waals surface area contributed by atoms with E-state index in [2.05, 4.69) is 15.2 Å². The lowest BCUT2D eigenvalue weighted by Gasteiger charge is -2.36. The van der Waals surface area contributed by atoms with Crippen LogP contribution < -0.4 is 5.84 Å².